The lowest BCUT2D eigenvalue weighted by Gasteiger charge is -2.10. The van der Waals surface area contributed by atoms with Gasteiger partial charge in [0.15, 0.2) is 5.03 Å². The van der Waals surface area contributed by atoms with Crippen LogP contribution < -0.4 is 10.5 Å². The van der Waals surface area contributed by atoms with E-state index in [9.17, 15) is 12.8 Å². The molecule has 0 spiro atoms. The monoisotopic (exact) mass is 328 g/mol. The second-order valence-electron chi connectivity index (χ2n) is 4.40. The van der Waals surface area contributed by atoms with Crippen molar-refractivity contribution in [2.45, 2.75) is 11.9 Å². The number of hydrogen-bond donors (Lipinski definition) is 2. The van der Waals surface area contributed by atoms with E-state index >= 15 is 0 Å². The summed E-state index contributed by atoms with van der Waals surface area (Å²) in [5.74, 6) is -0.0153. The molecule has 0 aliphatic rings. The first kappa shape index (κ1) is 15.4. The summed E-state index contributed by atoms with van der Waals surface area (Å²) in [6, 6.07) is 3.45. The van der Waals surface area contributed by atoms with E-state index < -0.39 is 15.8 Å². The molecule has 112 valence electrons. The molecule has 9 heteroatoms. The van der Waals surface area contributed by atoms with Crippen molar-refractivity contribution in [2.24, 2.45) is 12.8 Å². The minimum Gasteiger partial charge on any atom is -0.389 e. The molecule has 0 unspecified atom stereocenters. The number of nitrogens with two attached hydrogens (primary N) is 1. The van der Waals surface area contributed by atoms with Crippen molar-refractivity contribution in [3.05, 3.63) is 41.6 Å². The van der Waals surface area contributed by atoms with E-state index in [4.69, 9.17) is 18.0 Å². The lowest BCUT2D eigenvalue weighted by Crippen LogP contribution is -2.18. The van der Waals surface area contributed by atoms with Crippen LogP contribution in [-0.4, -0.2) is 23.0 Å². The van der Waals surface area contributed by atoms with Gasteiger partial charge in [0, 0.05) is 18.8 Å². The van der Waals surface area contributed by atoms with Crippen LogP contribution in [0.5, 0.6) is 0 Å². The van der Waals surface area contributed by atoms with Crippen LogP contribution in [0, 0.1) is 12.7 Å². The Labute approximate surface area is 126 Å². The van der Waals surface area contributed by atoms with Gasteiger partial charge in [0.25, 0.3) is 10.0 Å². The maximum Gasteiger partial charge on any atom is 0.280 e. The molecule has 1 heterocycles. The summed E-state index contributed by atoms with van der Waals surface area (Å²) in [6.45, 7) is 1.68. The molecule has 1 aromatic heterocycles. The maximum atomic E-state index is 13.2. The van der Waals surface area contributed by atoms with Crippen molar-refractivity contribution in [2.75, 3.05) is 4.72 Å². The Morgan fingerprint density at radius 1 is 1.48 bits per heavy atom. The van der Waals surface area contributed by atoms with Gasteiger partial charge in [0.05, 0.1) is 5.69 Å². The highest BCUT2D eigenvalue weighted by Crippen LogP contribution is 2.21. The summed E-state index contributed by atoms with van der Waals surface area (Å²) in [5.41, 5.74) is 5.70. The molecule has 0 bridgehead atoms. The zero-order chi connectivity index (χ0) is 15.8. The number of anilines is 1. The zero-order valence-electron chi connectivity index (χ0n) is 11.3. The summed E-state index contributed by atoms with van der Waals surface area (Å²) in [7, 11) is -2.22. The van der Waals surface area contributed by atoms with Crippen LogP contribution >= 0.6 is 12.2 Å². The van der Waals surface area contributed by atoms with Gasteiger partial charge >= 0.3 is 0 Å². The van der Waals surface area contributed by atoms with Crippen LogP contribution in [0.2, 0.25) is 0 Å². The van der Waals surface area contributed by atoms with Crippen LogP contribution in [0.4, 0.5) is 10.1 Å². The third kappa shape index (κ3) is 3.19. The number of thiocarbonyl (C=S) groups is 1. The molecule has 0 amide bonds. The van der Waals surface area contributed by atoms with Gasteiger partial charge in [0.2, 0.25) is 0 Å². The summed E-state index contributed by atoms with van der Waals surface area (Å²) < 4.78 is 41.6. The van der Waals surface area contributed by atoms with Crippen LogP contribution in [0.15, 0.2) is 29.4 Å². The van der Waals surface area contributed by atoms with Gasteiger partial charge in [-0.05, 0) is 25.1 Å². The highest BCUT2D eigenvalue weighted by atomic mass is 32.2. The Bertz CT molecular complexity index is 795. The molecule has 21 heavy (non-hydrogen) atoms. The number of halogens is 1. The number of benzene rings is 1. The molecule has 0 radical (unpaired) electrons. The lowest BCUT2D eigenvalue weighted by molar-refractivity contribution is 0.597. The fourth-order valence-electron chi connectivity index (χ4n) is 1.66. The number of aryl methyl sites for hydroxylation is 2. The van der Waals surface area contributed by atoms with Gasteiger partial charge in [-0.25, -0.2) is 9.37 Å². The first-order valence-corrected chi connectivity index (χ1v) is 7.72. The Balaban J connectivity index is 2.44. The lowest BCUT2D eigenvalue weighted by atomic mass is 10.2. The van der Waals surface area contributed by atoms with E-state index in [0.29, 0.717) is 5.82 Å². The van der Waals surface area contributed by atoms with E-state index in [1.54, 1.807) is 18.5 Å². The molecular weight excluding hydrogens is 315 g/mol. The van der Waals surface area contributed by atoms with Crippen molar-refractivity contribution in [3.8, 4) is 0 Å². The van der Waals surface area contributed by atoms with Gasteiger partial charge in [-0.3, -0.25) is 4.72 Å². The fourth-order valence-corrected chi connectivity index (χ4v) is 2.95. The molecule has 1 aromatic carbocycles. The molecule has 0 aliphatic carbocycles. The molecule has 3 N–H and O–H groups in total. The topological polar surface area (TPSA) is 90.0 Å². The van der Waals surface area contributed by atoms with Crippen molar-refractivity contribution in [1.82, 2.24) is 9.55 Å². The average molecular weight is 328 g/mol. The van der Waals surface area contributed by atoms with Gasteiger partial charge in [-0.15, -0.1) is 0 Å². The first-order valence-electron chi connectivity index (χ1n) is 5.83. The Morgan fingerprint density at radius 2 is 2.14 bits per heavy atom. The third-order valence-corrected chi connectivity index (χ3v) is 4.31. The zero-order valence-corrected chi connectivity index (χ0v) is 12.9. The fraction of sp³-hybridized carbons (Fsp3) is 0.167. The minimum atomic E-state index is -3.90. The quantitative estimate of drug-likeness (QED) is 0.826. The Kier molecular flexibility index (Phi) is 3.97. The van der Waals surface area contributed by atoms with E-state index in [0.717, 1.165) is 12.1 Å². The smallest absolute Gasteiger partial charge is 0.280 e. The molecule has 0 atom stereocenters. The SMILES string of the molecule is Cc1nc(S(=O)(=O)Nc2ccc(F)cc2C(N)=S)cn1C. The number of nitrogens with one attached hydrogen (secondary N) is 1. The van der Waals surface area contributed by atoms with Gasteiger partial charge in [0.1, 0.15) is 16.6 Å². The maximum absolute atomic E-state index is 13.2. The van der Waals surface area contributed by atoms with E-state index in [-0.39, 0.29) is 21.3 Å². The second kappa shape index (κ2) is 5.41. The Hall–Kier alpha value is -2.00. The van der Waals surface area contributed by atoms with E-state index in [2.05, 4.69) is 9.71 Å². The second-order valence-corrected chi connectivity index (χ2v) is 6.47. The molecule has 0 fully saturated rings. The van der Waals surface area contributed by atoms with Crippen LogP contribution in [-0.2, 0) is 17.1 Å². The van der Waals surface area contributed by atoms with Gasteiger partial charge in [-0.2, -0.15) is 8.42 Å². The van der Waals surface area contributed by atoms with Crippen LogP contribution in [0.25, 0.3) is 0 Å². The summed E-state index contributed by atoms with van der Waals surface area (Å²) >= 11 is 4.80. The normalized spacial score (nSPS) is 11.4. The predicted octanol–water partition coefficient (Wildman–Crippen LogP) is 1.30. The van der Waals surface area contributed by atoms with Crippen molar-refractivity contribution in [3.63, 3.8) is 0 Å². The first-order chi connectivity index (χ1) is 9.70. The molecule has 0 aliphatic heterocycles. The Morgan fingerprint density at radius 3 is 2.67 bits per heavy atom. The molecule has 0 saturated carbocycles. The number of sulfonamides is 1. The minimum absolute atomic E-state index is 0.104. The number of rotatable bonds is 4. The summed E-state index contributed by atoms with van der Waals surface area (Å²) in [6.07, 6.45) is 1.38. The predicted molar refractivity (Wildman–Crippen MR) is 81.0 cm³/mol. The highest BCUT2D eigenvalue weighted by Gasteiger charge is 2.20. The average Bonchev–Trinajstić information content (AvgIpc) is 2.72. The number of nitrogens with zero attached hydrogens (tertiary/aromatic N) is 2. The highest BCUT2D eigenvalue weighted by molar-refractivity contribution is 7.92. The standard InChI is InChI=1S/C12H13FN4O2S2/c1-7-15-11(6-17(7)2)21(18,19)16-10-4-3-8(13)5-9(10)12(14)20/h3-6,16H,1-2H3,(H2,14,20). The van der Waals surface area contributed by atoms with Crippen molar-refractivity contribution in [1.29, 1.82) is 0 Å². The van der Waals surface area contributed by atoms with E-state index in [1.807, 2.05) is 0 Å². The third-order valence-electron chi connectivity index (χ3n) is 2.85. The number of aromatic nitrogens is 2. The molecule has 2 aromatic rings. The van der Waals surface area contributed by atoms with Crippen molar-refractivity contribution < 1.29 is 12.8 Å². The van der Waals surface area contributed by atoms with Crippen LogP contribution in [0.3, 0.4) is 0 Å². The molecule has 6 nitrogen and oxygen atoms in total. The van der Waals surface area contributed by atoms with Gasteiger partial charge in [-0.1, -0.05) is 12.2 Å². The van der Waals surface area contributed by atoms with Gasteiger partial charge < -0.3 is 10.3 Å². The molecule has 0 saturated heterocycles. The largest absolute Gasteiger partial charge is 0.389 e. The van der Waals surface area contributed by atoms with E-state index in [1.165, 1.54) is 12.3 Å². The number of hydrogen-bond acceptors (Lipinski definition) is 4. The van der Waals surface area contributed by atoms with Crippen molar-refractivity contribution >= 4 is 32.9 Å². The summed E-state index contributed by atoms with van der Waals surface area (Å²) in [4.78, 5) is 3.84. The molecular formula is C12H13FN4O2S2. The molecule has 2 rings (SSSR count). The van der Waals surface area contributed by atoms with Crippen LogP contribution in [0.1, 0.15) is 11.4 Å². The summed E-state index contributed by atoms with van der Waals surface area (Å²) in [5, 5.41) is -0.138. The number of imidazole rings is 1.